The Labute approximate surface area is 188 Å². The van der Waals surface area contributed by atoms with Crippen LogP contribution < -0.4 is 15.5 Å². The molecule has 4 aromatic rings. The number of piperazine rings is 1. The molecule has 0 unspecified atom stereocenters. The molecule has 0 saturated carbocycles. The topological polar surface area (TPSA) is 88.0 Å². The molecule has 164 valence electrons. The molecule has 1 aliphatic rings. The van der Waals surface area contributed by atoms with Crippen molar-refractivity contribution in [3.63, 3.8) is 0 Å². The first-order valence-electron chi connectivity index (χ1n) is 10.3. The van der Waals surface area contributed by atoms with E-state index >= 15 is 0 Å². The second-order valence-corrected chi connectivity index (χ2v) is 7.97. The standard InChI is InChI=1S/C22H21ClFN7O/c1-30-12-13-8-14(9-17(24)20(13)29-30)27-22(32)15-2-3-18(31-6-4-25-5-7-31)16-11-26-19(10-23)28-21(15)16/h2-3,8-9,11-12,25H,4-7,10H2,1H3,(H,27,32). The van der Waals surface area contributed by atoms with E-state index in [1.54, 1.807) is 31.6 Å². The van der Waals surface area contributed by atoms with Gasteiger partial charge in [0, 0.05) is 67.8 Å². The van der Waals surface area contributed by atoms with Crippen LogP contribution >= 0.6 is 11.6 Å². The lowest BCUT2D eigenvalue weighted by molar-refractivity contribution is 0.102. The number of aromatic nitrogens is 4. The maximum Gasteiger partial charge on any atom is 0.257 e. The SMILES string of the molecule is Cn1cc2cc(NC(=O)c3ccc(N4CCNCC4)c4cnc(CCl)nc34)cc(F)c2n1. The number of anilines is 2. The summed E-state index contributed by atoms with van der Waals surface area (Å²) in [6.07, 6.45) is 3.42. The molecule has 1 saturated heterocycles. The van der Waals surface area contributed by atoms with Gasteiger partial charge < -0.3 is 15.5 Å². The van der Waals surface area contributed by atoms with E-state index in [-0.39, 0.29) is 17.3 Å². The van der Waals surface area contributed by atoms with Gasteiger partial charge in [-0.15, -0.1) is 11.6 Å². The van der Waals surface area contributed by atoms with Crippen LogP contribution in [0.2, 0.25) is 0 Å². The average Bonchev–Trinajstić information content (AvgIpc) is 3.19. The fourth-order valence-corrected chi connectivity index (χ4v) is 4.18. The van der Waals surface area contributed by atoms with E-state index in [0.717, 1.165) is 37.3 Å². The average molecular weight is 454 g/mol. The molecule has 2 aromatic heterocycles. The summed E-state index contributed by atoms with van der Waals surface area (Å²) in [6, 6.07) is 6.62. The highest BCUT2D eigenvalue weighted by molar-refractivity contribution is 6.17. The number of benzene rings is 2. The summed E-state index contributed by atoms with van der Waals surface area (Å²) in [4.78, 5) is 24.3. The summed E-state index contributed by atoms with van der Waals surface area (Å²) < 4.78 is 16.0. The summed E-state index contributed by atoms with van der Waals surface area (Å²) in [5, 5.41) is 11.6. The van der Waals surface area contributed by atoms with Crippen LogP contribution in [0.3, 0.4) is 0 Å². The van der Waals surface area contributed by atoms with E-state index in [0.29, 0.717) is 28.0 Å². The predicted octanol–water partition coefficient (Wildman–Crippen LogP) is 3.06. The van der Waals surface area contributed by atoms with Crippen molar-refractivity contribution in [2.24, 2.45) is 7.05 Å². The molecular weight excluding hydrogens is 433 g/mol. The Hall–Kier alpha value is -3.30. The molecule has 1 aliphatic heterocycles. The number of amides is 1. The molecule has 2 aromatic carbocycles. The van der Waals surface area contributed by atoms with Crippen molar-refractivity contribution in [1.82, 2.24) is 25.1 Å². The number of carbonyl (C=O) groups is 1. The first kappa shape index (κ1) is 20.6. The molecule has 0 bridgehead atoms. The Morgan fingerprint density at radius 1 is 1.25 bits per heavy atom. The van der Waals surface area contributed by atoms with Crippen molar-refractivity contribution in [2.45, 2.75) is 5.88 Å². The molecule has 1 fully saturated rings. The summed E-state index contributed by atoms with van der Waals surface area (Å²) in [7, 11) is 1.72. The van der Waals surface area contributed by atoms with Crippen LogP contribution in [0.15, 0.2) is 36.7 Å². The van der Waals surface area contributed by atoms with Crippen LogP contribution in [-0.4, -0.2) is 51.8 Å². The van der Waals surface area contributed by atoms with Gasteiger partial charge in [0.2, 0.25) is 0 Å². The van der Waals surface area contributed by atoms with Gasteiger partial charge in [0.1, 0.15) is 11.3 Å². The second kappa shape index (κ2) is 8.33. The van der Waals surface area contributed by atoms with Gasteiger partial charge in [-0.05, 0) is 24.3 Å². The lowest BCUT2D eigenvalue weighted by Gasteiger charge is -2.30. The lowest BCUT2D eigenvalue weighted by atomic mass is 10.1. The van der Waals surface area contributed by atoms with E-state index in [1.165, 1.54) is 10.7 Å². The van der Waals surface area contributed by atoms with Gasteiger partial charge in [-0.3, -0.25) is 9.48 Å². The van der Waals surface area contributed by atoms with Crippen molar-refractivity contribution < 1.29 is 9.18 Å². The van der Waals surface area contributed by atoms with Crippen LogP contribution in [-0.2, 0) is 12.9 Å². The first-order valence-corrected chi connectivity index (χ1v) is 10.8. The quantitative estimate of drug-likeness (QED) is 0.462. The van der Waals surface area contributed by atoms with E-state index in [9.17, 15) is 9.18 Å². The minimum atomic E-state index is -0.496. The number of fused-ring (bicyclic) bond motifs is 2. The highest BCUT2D eigenvalue weighted by Crippen LogP contribution is 2.30. The summed E-state index contributed by atoms with van der Waals surface area (Å²) >= 11 is 5.96. The number of carbonyl (C=O) groups excluding carboxylic acids is 1. The van der Waals surface area contributed by atoms with Gasteiger partial charge >= 0.3 is 0 Å². The summed E-state index contributed by atoms with van der Waals surface area (Å²) in [5.74, 6) is -0.307. The molecule has 0 aliphatic carbocycles. The predicted molar refractivity (Wildman–Crippen MR) is 123 cm³/mol. The largest absolute Gasteiger partial charge is 0.368 e. The van der Waals surface area contributed by atoms with Crippen molar-refractivity contribution >= 4 is 50.7 Å². The Balaban J connectivity index is 1.55. The van der Waals surface area contributed by atoms with Crippen LogP contribution in [0.1, 0.15) is 16.2 Å². The van der Waals surface area contributed by atoms with Crippen molar-refractivity contribution in [2.75, 3.05) is 36.4 Å². The van der Waals surface area contributed by atoms with Gasteiger partial charge in [0.05, 0.1) is 17.0 Å². The molecule has 5 rings (SSSR count). The van der Waals surface area contributed by atoms with E-state index in [4.69, 9.17) is 11.6 Å². The lowest BCUT2D eigenvalue weighted by Crippen LogP contribution is -2.43. The van der Waals surface area contributed by atoms with Gasteiger partial charge in [-0.25, -0.2) is 14.4 Å². The molecule has 10 heteroatoms. The number of aryl methyl sites for hydroxylation is 1. The molecule has 0 atom stereocenters. The van der Waals surface area contributed by atoms with Crippen LogP contribution in [0, 0.1) is 5.82 Å². The second-order valence-electron chi connectivity index (χ2n) is 7.70. The smallest absolute Gasteiger partial charge is 0.257 e. The minimum absolute atomic E-state index is 0.137. The first-order chi connectivity index (χ1) is 15.5. The monoisotopic (exact) mass is 453 g/mol. The molecule has 8 nitrogen and oxygen atoms in total. The van der Waals surface area contributed by atoms with E-state index < -0.39 is 5.82 Å². The molecule has 32 heavy (non-hydrogen) atoms. The molecule has 2 N–H and O–H groups in total. The number of hydrogen-bond donors (Lipinski definition) is 2. The number of nitrogens with one attached hydrogen (secondary N) is 2. The maximum atomic E-state index is 14.5. The number of hydrogen-bond acceptors (Lipinski definition) is 6. The van der Waals surface area contributed by atoms with Crippen LogP contribution in [0.5, 0.6) is 0 Å². The normalized spacial score (nSPS) is 14.3. The zero-order valence-electron chi connectivity index (χ0n) is 17.4. The van der Waals surface area contributed by atoms with Crippen molar-refractivity contribution in [1.29, 1.82) is 0 Å². The summed E-state index contributed by atoms with van der Waals surface area (Å²) in [6.45, 7) is 3.46. The van der Waals surface area contributed by atoms with Gasteiger partial charge in [0.25, 0.3) is 5.91 Å². The van der Waals surface area contributed by atoms with E-state index in [2.05, 4.69) is 30.6 Å². The number of nitrogens with zero attached hydrogens (tertiary/aromatic N) is 5. The molecule has 1 amide bonds. The van der Waals surface area contributed by atoms with Crippen LogP contribution in [0.4, 0.5) is 15.8 Å². The highest BCUT2D eigenvalue weighted by atomic mass is 35.5. The fraction of sp³-hybridized carbons (Fsp3) is 0.273. The number of halogens is 2. The molecule has 0 spiro atoms. The van der Waals surface area contributed by atoms with Gasteiger partial charge in [-0.2, -0.15) is 5.10 Å². The van der Waals surface area contributed by atoms with Crippen molar-refractivity contribution in [3.05, 3.63) is 53.9 Å². The van der Waals surface area contributed by atoms with Crippen LogP contribution in [0.25, 0.3) is 21.8 Å². The van der Waals surface area contributed by atoms with Crippen molar-refractivity contribution in [3.8, 4) is 0 Å². The third-order valence-electron chi connectivity index (χ3n) is 5.53. The summed E-state index contributed by atoms with van der Waals surface area (Å²) in [5.41, 5.74) is 2.48. The maximum absolute atomic E-state index is 14.5. The zero-order chi connectivity index (χ0) is 22.2. The Bertz CT molecular complexity index is 1330. The van der Waals surface area contributed by atoms with E-state index in [1.807, 2.05) is 6.07 Å². The molecule has 3 heterocycles. The number of alkyl halides is 1. The van der Waals surface area contributed by atoms with Gasteiger partial charge in [0.15, 0.2) is 5.82 Å². The Kier molecular flexibility index (Phi) is 5.36. The van der Waals surface area contributed by atoms with Gasteiger partial charge in [-0.1, -0.05) is 0 Å². The Morgan fingerprint density at radius 3 is 2.84 bits per heavy atom. The third-order valence-corrected chi connectivity index (χ3v) is 5.77. The molecule has 0 radical (unpaired) electrons. The highest BCUT2D eigenvalue weighted by Gasteiger charge is 2.20. The third kappa shape index (κ3) is 3.74. The minimum Gasteiger partial charge on any atom is -0.368 e. The number of rotatable bonds is 4. The molecular formula is C22H21ClFN7O. The fourth-order valence-electron chi connectivity index (χ4n) is 4.05. The zero-order valence-corrected chi connectivity index (χ0v) is 18.2. The Morgan fingerprint density at radius 2 is 2.06 bits per heavy atom.